The molecule has 5 heteroatoms. The summed E-state index contributed by atoms with van der Waals surface area (Å²) < 4.78 is 39.9. The number of halogens is 3. The Morgan fingerprint density at radius 2 is 1.57 bits per heavy atom. The molecule has 3 aromatic carbocycles. The molecule has 0 spiro atoms. The van der Waals surface area contributed by atoms with Gasteiger partial charge in [0.25, 0.3) is 0 Å². The normalized spacial score (nSPS) is 13.7. The molecule has 28 heavy (non-hydrogen) atoms. The molecule has 1 aliphatic carbocycles. The van der Waals surface area contributed by atoms with Gasteiger partial charge in [0.15, 0.2) is 0 Å². The molecular formula is C23H17F3O2. The van der Waals surface area contributed by atoms with Crippen LogP contribution in [0.2, 0.25) is 0 Å². The molecule has 142 valence electrons. The van der Waals surface area contributed by atoms with Crippen molar-refractivity contribution in [3.05, 3.63) is 94.0 Å². The van der Waals surface area contributed by atoms with Crippen LogP contribution in [0.1, 0.15) is 33.4 Å². The first-order chi connectivity index (χ1) is 13.3. The van der Waals surface area contributed by atoms with E-state index in [2.05, 4.69) is 0 Å². The summed E-state index contributed by atoms with van der Waals surface area (Å²) >= 11 is 0. The summed E-state index contributed by atoms with van der Waals surface area (Å²) in [7, 11) is 0. The molecule has 2 N–H and O–H groups in total. The molecule has 0 fully saturated rings. The molecule has 0 saturated heterocycles. The Kier molecular flexibility index (Phi) is 4.18. The Balaban J connectivity index is 1.99. The minimum Gasteiger partial charge on any atom is -0.508 e. The van der Waals surface area contributed by atoms with E-state index in [1.807, 2.05) is 37.3 Å². The predicted molar refractivity (Wildman–Crippen MR) is 102 cm³/mol. The van der Waals surface area contributed by atoms with Crippen molar-refractivity contribution in [2.45, 2.75) is 19.5 Å². The van der Waals surface area contributed by atoms with Crippen molar-refractivity contribution in [1.29, 1.82) is 0 Å². The number of fused-ring (bicyclic) bond motifs is 1. The van der Waals surface area contributed by atoms with E-state index in [1.54, 1.807) is 12.1 Å². The Morgan fingerprint density at radius 3 is 2.25 bits per heavy atom. The highest BCUT2D eigenvalue weighted by atomic mass is 19.4. The molecule has 2 nitrogen and oxygen atoms in total. The van der Waals surface area contributed by atoms with Gasteiger partial charge in [-0.3, -0.25) is 0 Å². The Morgan fingerprint density at radius 1 is 0.857 bits per heavy atom. The quantitative estimate of drug-likeness (QED) is 0.576. The van der Waals surface area contributed by atoms with Crippen LogP contribution in [0.3, 0.4) is 0 Å². The number of phenols is 2. The summed E-state index contributed by atoms with van der Waals surface area (Å²) in [5, 5.41) is 19.8. The standard InChI is InChI=1S/C23H17F3O2/c1-13-9-16(27)11-19-17(13)12-18(22(19)14-5-3-2-4-6-14)15-7-8-21(28)20(10-15)23(24,25)26/h2-11,27-28H,12H2,1H3. The van der Waals surface area contributed by atoms with Gasteiger partial charge in [-0.1, -0.05) is 36.4 Å². The van der Waals surface area contributed by atoms with Crippen molar-refractivity contribution >= 4 is 11.1 Å². The maximum Gasteiger partial charge on any atom is 0.419 e. The topological polar surface area (TPSA) is 40.5 Å². The van der Waals surface area contributed by atoms with Gasteiger partial charge in [-0.05, 0) is 76.6 Å². The molecule has 0 amide bonds. The first-order valence-electron chi connectivity index (χ1n) is 8.77. The van der Waals surface area contributed by atoms with E-state index >= 15 is 0 Å². The molecule has 0 radical (unpaired) electrons. The zero-order valence-corrected chi connectivity index (χ0v) is 15.0. The largest absolute Gasteiger partial charge is 0.508 e. The zero-order valence-electron chi connectivity index (χ0n) is 15.0. The van der Waals surface area contributed by atoms with Crippen LogP contribution < -0.4 is 0 Å². The van der Waals surface area contributed by atoms with Crippen LogP contribution in [0.4, 0.5) is 13.2 Å². The van der Waals surface area contributed by atoms with Gasteiger partial charge in [0.05, 0.1) is 5.56 Å². The number of hydrogen-bond donors (Lipinski definition) is 2. The lowest BCUT2D eigenvalue weighted by atomic mass is 9.93. The second kappa shape index (κ2) is 6.44. The van der Waals surface area contributed by atoms with Gasteiger partial charge >= 0.3 is 6.18 Å². The van der Waals surface area contributed by atoms with E-state index in [4.69, 9.17) is 0 Å². The Bertz CT molecular complexity index is 1100. The fourth-order valence-electron chi connectivity index (χ4n) is 3.82. The van der Waals surface area contributed by atoms with Crippen molar-refractivity contribution < 1.29 is 23.4 Å². The van der Waals surface area contributed by atoms with E-state index in [9.17, 15) is 23.4 Å². The first-order valence-corrected chi connectivity index (χ1v) is 8.77. The van der Waals surface area contributed by atoms with Gasteiger partial charge in [0, 0.05) is 0 Å². The minimum atomic E-state index is -4.65. The van der Waals surface area contributed by atoms with Crippen LogP contribution in [0.25, 0.3) is 11.1 Å². The van der Waals surface area contributed by atoms with Crippen molar-refractivity contribution in [2.24, 2.45) is 0 Å². The van der Waals surface area contributed by atoms with Gasteiger partial charge in [-0.25, -0.2) is 0 Å². The maximum absolute atomic E-state index is 13.3. The zero-order chi connectivity index (χ0) is 20.1. The van der Waals surface area contributed by atoms with E-state index in [1.165, 1.54) is 6.07 Å². The number of hydrogen-bond acceptors (Lipinski definition) is 2. The highest BCUT2D eigenvalue weighted by Gasteiger charge is 2.35. The SMILES string of the molecule is Cc1cc(O)cc2c1CC(c1ccc(O)c(C(F)(F)F)c1)=C2c1ccccc1. The summed E-state index contributed by atoms with van der Waals surface area (Å²) in [6.45, 7) is 1.88. The summed E-state index contributed by atoms with van der Waals surface area (Å²) in [5.41, 5.74) is 4.43. The van der Waals surface area contributed by atoms with E-state index < -0.39 is 17.5 Å². The van der Waals surface area contributed by atoms with Gasteiger partial charge in [0.1, 0.15) is 11.5 Å². The summed E-state index contributed by atoms with van der Waals surface area (Å²) in [6.07, 6.45) is -4.19. The van der Waals surface area contributed by atoms with E-state index in [-0.39, 0.29) is 5.75 Å². The van der Waals surface area contributed by atoms with Crippen LogP contribution in [0.5, 0.6) is 11.5 Å². The minimum absolute atomic E-state index is 0.118. The summed E-state index contributed by atoms with van der Waals surface area (Å²) in [4.78, 5) is 0. The van der Waals surface area contributed by atoms with Gasteiger partial charge in [-0.2, -0.15) is 13.2 Å². The Labute approximate surface area is 160 Å². The molecule has 0 atom stereocenters. The number of phenolic OH excluding ortho intramolecular Hbond substituents is 2. The third kappa shape index (κ3) is 3.03. The monoisotopic (exact) mass is 382 g/mol. The second-order valence-electron chi connectivity index (χ2n) is 6.91. The molecular weight excluding hydrogens is 365 g/mol. The molecule has 0 aromatic heterocycles. The lowest BCUT2D eigenvalue weighted by Gasteiger charge is -2.13. The Hall–Kier alpha value is -3.21. The van der Waals surface area contributed by atoms with Gasteiger partial charge < -0.3 is 10.2 Å². The predicted octanol–water partition coefficient (Wildman–Crippen LogP) is 5.94. The van der Waals surface area contributed by atoms with Crippen LogP contribution in [-0.4, -0.2) is 10.2 Å². The number of aryl methyl sites for hydroxylation is 1. The van der Waals surface area contributed by atoms with Crippen molar-refractivity contribution in [1.82, 2.24) is 0 Å². The summed E-state index contributed by atoms with van der Waals surface area (Å²) in [5.74, 6) is -0.671. The number of rotatable bonds is 2. The van der Waals surface area contributed by atoms with E-state index in [0.29, 0.717) is 12.0 Å². The molecule has 0 unspecified atom stereocenters. The molecule has 0 bridgehead atoms. The lowest BCUT2D eigenvalue weighted by Crippen LogP contribution is -2.06. The van der Waals surface area contributed by atoms with Crippen LogP contribution in [0, 0.1) is 6.92 Å². The van der Waals surface area contributed by atoms with Crippen LogP contribution in [0.15, 0.2) is 60.7 Å². The second-order valence-corrected chi connectivity index (χ2v) is 6.91. The van der Waals surface area contributed by atoms with E-state index in [0.717, 1.165) is 45.5 Å². The average Bonchev–Trinajstić information content (AvgIpc) is 3.01. The average molecular weight is 382 g/mol. The maximum atomic E-state index is 13.3. The van der Waals surface area contributed by atoms with Gasteiger partial charge in [0.2, 0.25) is 0 Å². The molecule has 0 saturated carbocycles. The first kappa shape index (κ1) is 18.2. The number of alkyl halides is 3. The number of aromatic hydroxyl groups is 2. The molecule has 1 aliphatic rings. The fourth-order valence-corrected chi connectivity index (χ4v) is 3.82. The van der Waals surface area contributed by atoms with Gasteiger partial charge in [-0.15, -0.1) is 0 Å². The smallest absolute Gasteiger partial charge is 0.419 e. The van der Waals surface area contributed by atoms with Crippen molar-refractivity contribution in [2.75, 3.05) is 0 Å². The summed E-state index contributed by atoms with van der Waals surface area (Å²) in [6, 6.07) is 16.3. The van der Waals surface area contributed by atoms with Crippen molar-refractivity contribution in [3.8, 4) is 11.5 Å². The third-order valence-electron chi connectivity index (χ3n) is 5.10. The third-order valence-corrected chi connectivity index (χ3v) is 5.10. The number of allylic oxidation sites excluding steroid dienone is 1. The lowest BCUT2D eigenvalue weighted by molar-refractivity contribution is -0.138. The number of benzene rings is 3. The molecule has 3 aromatic rings. The molecule has 0 heterocycles. The highest BCUT2D eigenvalue weighted by Crippen LogP contribution is 2.46. The molecule has 0 aliphatic heterocycles. The van der Waals surface area contributed by atoms with Crippen molar-refractivity contribution in [3.63, 3.8) is 0 Å². The highest BCUT2D eigenvalue weighted by molar-refractivity contribution is 6.04. The molecule has 4 rings (SSSR count). The fraction of sp³-hybridized carbons (Fsp3) is 0.130. The van der Waals surface area contributed by atoms with Crippen LogP contribution in [-0.2, 0) is 12.6 Å². The van der Waals surface area contributed by atoms with Crippen LogP contribution >= 0.6 is 0 Å².